The smallest absolute Gasteiger partial charge is 0.267 e. The molecule has 0 aliphatic rings. The van der Waals surface area contributed by atoms with Crippen LogP contribution in [0.15, 0.2) is 30.0 Å². The van der Waals surface area contributed by atoms with Gasteiger partial charge in [-0.25, -0.2) is 0 Å². The molecule has 22 heavy (non-hydrogen) atoms. The van der Waals surface area contributed by atoms with Crippen LogP contribution in [0.3, 0.4) is 0 Å². The molecule has 0 aliphatic carbocycles. The third kappa shape index (κ3) is 5.19. The Morgan fingerprint density at radius 1 is 1.41 bits per heavy atom. The van der Waals surface area contributed by atoms with Crippen molar-refractivity contribution in [3.63, 3.8) is 0 Å². The highest BCUT2D eigenvalue weighted by Gasteiger charge is 2.13. The number of nitrogens with zero attached hydrogens (tertiary/aromatic N) is 1. The van der Waals surface area contributed by atoms with Crippen LogP contribution in [0.5, 0.6) is 11.5 Å². The van der Waals surface area contributed by atoms with E-state index in [1.54, 1.807) is 18.2 Å². The summed E-state index contributed by atoms with van der Waals surface area (Å²) in [5.74, 6) is 1.02. The van der Waals surface area contributed by atoms with Crippen molar-refractivity contribution in [2.24, 2.45) is 0 Å². The van der Waals surface area contributed by atoms with Gasteiger partial charge in [-0.2, -0.15) is 5.26 Å². The van der Waals surface area contributed by atoms with Crippen LogP contribution in [0, 0.1) is 11.3 Å². The topological polar surface area (TPSA) is 83.4 Å². The Labute approximate surface area is 134 Å². The van der Waals surface area contributed by atoms with Gasteiger partial charge in [0.2, 0.25) is 0 Å². The fourth-order valence-electron chi connectivity index (χ4n) is 1.59. The number of halogens is 1. The summed E-state index contributed by atoms with van der Waals surface area (Å²) >= 11 is 5.55. The standard InChI is InChI=1S/C15H18ClN3O3/c1-21-12-4-5-14(22-2)13(8-12)19-15(20)11(9-17)10-18-7-3-6-16/h4-5,8,10,18H,3,6-7H2,1-2H3,(H,19,20)/b11-10-. The van der Waals surface area contributed by atoms with Crippen LogP contribution in [0.2, 0.25) is 0 Å². The van der Waals surface area contributed by atoms with Gasteiger partial charge in [-0.1, -0.05) is 0 Å². The molecule has 0 saturated heterocycles. The van der Waals surface area contributed by atoms with E-state index in [1.165, 1.54) is 20.4 Å². The number of methoxy groups -OCH3 is 2. The van der Waals surface area contributed by atoms with Crippen molar-refractivity contribution in [2.45, 2.75) is 6.42 Å². The lowest BCUT2D eigenvalue weighted by molar-refractivity contribution is -0.112. The summed E-state index contributed by atoms with van der Waals surface area (Å²) in [5.41, 5.74) is 0.383. The van der Waals surface area contributed by atoms with Crippen LogP contribution in [0.4, 0.5) is 5.69 Å². The van der Waals surface area contributed by atoms with Crippen molar-refractivity contribution in [3.05, 3.63) is 30.0 Å². The molecule has 0 aromatic heterocycles. The third-order valence-corrected chi connectivity index (χ3v) is 2.99. The first-order chi connectivity index (χ1) is 10.7. The number of carbonyl (C=O) groups excluding carboxylic acids is 1. The third-order valence-electron chi connectivity index (χ3n) is 2.72. The molecule has 0 spiro atoms. The lowest BCUT2D eigenvalue weighted by atomic mass is 10.2. The van der Waals surface area contributed by atoms with Gasteiger partial charge in [-0.15, -0.1) is 11.6 Å². The maximum absolute atomic E-state index is 12.1. The van der Waals surface area contributed by atoms with Gasteiger partial charge in [0.1, 0.15) is 23.1 Å². The number of nitriles is 1. The molecule has 6 nitrogen and oxygen atoms in total. The lowest BCUT2D eigenvalue weighted by Gasteiger charge is -2.11. The van der Waals surface area contributed by atoms with Crippen LogP contribution in [-0.4, -0.2) is 32.6 Å². The van der Waals surface area contributed by atoms with E-state index >= 15 is 0 Å². The first-order valence-electron chi connectivity index (χ1n) is 6.59. The van der Waals surface area contributed by atoms with Gasteiger partial charge in [0.25, 0.3) is 5.91 Å². The van der Waals surface area contributed by atoms with E-state index in [4.69, 9.17) is 26.3 Å². The number of carbonyl (C=O) groups is 1. The van der Waals surface area contributed by atoms with Gasteiger partial charge in [0.15, 0.2) is 0 Å². The second kappa shape index (κ2) is 9.53. The number of alkyl halides is 1. The zero-order valence-corrected chi connectivity index (χ0v) is 13.2. The van der Waals surface area contributed by atoms with Crippen molar-refractivity contribution in [3.8, 4) is 17.6 Å². The van der Waals surface area contributed by atoms with E-state index in [2.05, 4.69) is 10.6 Å². The fraction of sp³-hybridized carbons (Fsp3) is 0.333. The minimum absolute atomic E-state index is 0.0422. The molecule has 2 N–H and O–H groups in total. The summed E-state index contributed by atoms with van der Waals surface area (Å²) in [7, 11) is 3.01. The fourth-order valence-corrected chi connectivity index (χ4v) is 1.73. The maximum atomic E-state index is 12.1. The molecule has 1 amide bonds. The molecular formula is C15H18ClN3O3. The zero-order valence-electron chi connectivity index (χ0n) is 12.5. The molecular weight excluding hydrogens is 306 g/mol. The Balaban J connectivity index is 2.84. The molecule has 1 rings (SSSR count). The molecule has 118 valence electrons. The highest BCUT2D eigenvalue weighted by atomic mass is 35.5. The number of rotatable bonds is 8. The summed E-state index contributed by atoms with van der Waals surface area (Å²) in [4.78, 5) is 12.1. The minimum Gasteiger partial charge on any atom is -0.497 e. The quantitative estimate of drug-likeness (QED) is 0.332. The minimum atomic E-state index is -0.535. The van der Waals surface area contributed by atoms with Crippen molar-refractivity contribution in [2.75, 3.05) is 32.0 Å². The number of hydrogen-bond donors (Lipinski definition) is 2. The summed E-state index contributed by atoms with van der Waals surface area (Å²) in [6.07, 6.45) is 2.11. The number of nitrogens with one attached hydrogen (secondary N) is 2. The molecule has 1 aromatic carbocycles. The monoisotopic (exact) mass is 323 g/mol. The molecule has 7 heteroatoms. The second-order valence-electron chi connectivity index (χ2n) is 4.19. The number of ether oxygens (including phenoxy) is 2. The average molecular weight is 324 g/mol. The molecule has 0 saturated carbocycles. The van der Waals surface area contributed by atoms with E-state index in [0.29, 0.717) is 29.6 Å². The van der Waals surface area contributed by atoms with Gasteiger partial charge < -0.3 is 20.1 Å². The SMILES string of the molecule is COc1ccc(OC)c(NC(=O)/C(C#N)=C\NCCCCl)c1. The lowest BCUT2D eigenvalue weighted by Crippen LogP contribution is -2.17. The molecule has 0 fully saturated rings. The van der Waals surface area contributed by atoms with Crippen LogP contribution < -0.4 is 20.1 Å². The highest BCUT2D eigenvalue weighted by molar-refractivity contribution is 6.17. The highest BCUT2D eigenvalue weighted by Crippen LogP contribution is 2.29. The van der Waals surface area contributed by atoms with Crippen molar-refractivity contribution in [1.29, 1.82) is 5.26 Å². The van der Waals surface area contributed by atoms with E-state index in [1.807, 2.05) is 6.07 Å². The molecule has 0 radical (unpaired) electrons. The normalized spacial score (nSPS) is 10.5. The van der Waals surface area contributed by atoms with Gasteiger partial charge in [0, 0.05) is 24.7 Å². The zero-order chi connectivity index (χ0) is 16.4. The second-order valence-corrected chi connectivity index (χ2v) is 4.56. The Hall–Kier alpha value is -2.39. The number of amides is 1. The molecule has 0 atom stereocenters. The molecule has 0 aliphatic heterocycles. The first-order valence-corrected chi connectivity index (χ1v) is 7.12. The molecule has 0 bridgehead atoms. The Bertz CT molecular complexity index is 582. The average Bonchev–Trinajstić information content (AvgIpc) is 2.54. The van der Waals surface area contributed by atoms with E-state index in [9.17, 15) is 4.79 Å². The van der Waals surface area contributed by atoms with Crippen LogP contribution in [0.1, 0.15) is 6.42 Å². The predicted octanol–water partition coefficient (Wildman–Crippen LogP) is 2.27. The largest absolute Gasteiger partial charge is 0.497 e. The first kappa shape index (κ1) is 17.7. The van der Waals surface area contributed by atoms with E-state index in [0.717, 1.165) is 6.42 Å². The summed E-state index contributed by atoms with van der Waals surface area (Å²) in [6.45, 7) is 0.588. The number of benzene rings is 1. The number of anilines is 1. The van der Waals surface area contributed by atoms with E-state index < -0.39 is 5.91 Å². The van der Waals surface area contributed by atoms with E-state index in [-0.39, 0.29) is 5.57 Å². The summed E-state index contributed by atoms with van der Waals surface area (Å²) in [6, 6.07) is 6.85. The predicted molar refractivity (Wildman–Crippen MR) is 85.2 cm³/mol. The van der Waals surface area contributed by atoms with Crippen LogP contribution in [0.25, 0.3) is 0 Å². The Morgan fingerprint density at radius 2 is 2.18 bits per heavy atom. The summed E-state index contributed by atoms with van der Waals surface area (Å²) in [5, 5.41) is 14.6. The summed E-state index contributed by atoms with van der Waals surface area (Å²) < 4.78 is 10.3. The van der Waals surface area contributed by atoms with Crippen molar-refractivity contribution >= 4 is 23.2 Å². The van der Waals surface area contributed by atoms with Gasteiger partial charge >= 0.3 is 0 Å². The molecule has 1 aromatic rings. The Morgan fingerprint density at radius 3 is 2.77 bits per heavy atom. The van der Waals surface area contributed by atoms with Gasteiger partial charge in [0.05, 0.1) is 19.9 Å². The molecule has 0 unspecified atom stereocenters. The van der Waals surface area contributed by atoms with Crippen molar-refractivity contribution in [1.82, 2.24) is 5.32 Å². The maximum Gasteiger partial charge on any atom is 0.267 e. The molecule has 0 heterocycles. The van der Waals surface area contributed by atoms with Crippen molar-refractivity contribution < 1.29 is 14.3 Å². The van der Waals surface area contributed by atoms with Gasteiger partial charge in [-0.05, 0) is 18.6 Å². The van der Waals surface area contributed by atoms with Crippen LogP contribution >= 0.6 is 11.6 Å². The number of hydrogen-bond acceptors (Lipinski definition) is 5. The van der Waals surface area contributed by atoms with Crippen LogP contribution in [-0.2, 0) is 4.79 Å². The van der Waals surface area contributed by atoms with Gasteiger partial charge in [-0.3, -0.25) is 4.79 Å². The Kier molecular flexibility index (Phi) is 7.65.